The molecule has 29 heavy (non-hydrogen) atoms. The molecule has 1 heterocycles. The van der Waals surface area contributed by atoms with Crippen molar-refractivity contribution >= 4 is 5.97 Å². The summed E-state index contributed by atoms with van der Waals surface area (Å²) in [7, 11) is 2.80. The maximum Gasteiger partial charge on any atom is 0.348 e. The molecule has 3 rings (SSSR count). The van der Waals surface area contributed by atoms with Crippen LogP contribution in [0.4, 0.5) is 0 Å². The molecular formula is C20H21N3O6. The van der Waals surface area contributed by atoms with Crippen molar-refractivity contribution in [2.24, 2.45) is 0 Å². The number of aromatic amines is 1. The molecule has 0 bridgehead atoms. The van der Waals surface area contributed by atoms with Crippen molar-refractivity contribution in [3.63, 3.8) is 0 Å². The molecule has 0 aliphatic rings. The Morgan fingerprint density at radius 3 is 2.52 bits per heavy atom. The average molecular weight is 399 g/mol. The molecule has 0 spiro atoms. The minimum absolute atomic E-state index is 0.0826. The summed E-state index contributed by atoms with van der Waals surface area (Å²) in [5.74, 6) is -0.0512. The van der Waals surface area contributed by atoms with Crippen LogP contribution in [0.25, 0.3) is 17.1 Å². The molecule has 0 atom stereocenters. The third-order valence-corrected chi connectivity index (χ3v) is 4.23. The van der Waals surface area contributed by atoms with Crippen LogP contribution in [0.5, 0.6) is 17.2 Å². The average Bonchev–Trinajstić information content (AvgIpc) is 3.12. The standard InChI is InChI=1S/C20H21N3O6/c1-4-9-29-15-8-6-5-7-14(15)23-18(21-22-20(23)26)12-10-13(19(24)25)17(28-3)11-16(12)27-2/h5-8,10-11H,4,9H2,1-3H3,(H,22,26)(H,24,25). The van der Waals surface area contributed by atoms with Crippen molar-refractivity contribution in [1.29, 1.82) is 0 Å². The second-order valence-electron chi connectivity index (χ2n) is 6.06. The van der Waals surface area contributed by atoms with Crippen LogP contribution in [0.2, 0.25) is 0 Å². The third-order valence-electron chi connectivity index (χ3n) is 4.23. The Hall–Kier alpha value is -3.75. The number of nitrogens with zero attached hydrogens (tertiary/aromatic N) is 2. The number of hydrogen-bond donors (Lipinski definition) is 2. The quantitative estimate of drug-likeness (QED) is 0.598. The van der Waals surface area contributed by atoms with Crippen molar-refractivity contribution in [3.8, 4) is 34.3 Å². The van der Waals surface area contributed by atoms with E-state index in [0.717, 1.165) is 6.42 Å². The Bertz CT molecular complexity index is 1090. The zero-order valence-electron chi connectivity index (χ0n) is 16.3. The molecular weight excluding hydrogens is 378 g/mol. The van der Waals surface area contributed by atoms with Crippen molar-refractivity contribution in [2.45, 2.75) is 13.3 Å². The topological polar surface area (TPSA) is 116 Å². The van der Waals surface area contributed by atoms with E-state index in [1.54, 1.807) is 24.3 Å². The minimum Gasteiger partial charge on any atom is -0.496 e. The maximum atomic E-state index is 12.6. The number of carboxylic acid groups (broad SMARTS) is 1. The molecule has 152 valence electrons. The molecule has 1 aromatic heterocycles. The molecule has 0 saturated heterocycles. The smallest absolute Gasteiger partial charge is 0.348 e. The van der Waals surface area contributed by atoms with E-state index >= 15 is 0 Å². The summed E-state index contributed by atoms with van der Waals surface area (Å²) >= 11 is 0. The summed E-state index contributed by atoms with van der Waals surface area (Å²) in [6, 6.07) is 9.85. The molecule has 3 aromatic rings. The van der Waals surface area contributed by atoms with Crippen LogP contribution >= 0.6 is 0 Å². The number of nitrogens with one attached hydrogen (secondary N) is 1. The molecule has 0 saturated carbocycles. The van der Waals surface area contributed by atoms with Crippen molar-refractivity contribution in [3.05, 3.63) is 52.4 Å². The Kier molecular flexibility index (Phi) is 5.87. The Morgan fingerprint density at radius 1 is 1.14 bits per heavy atom. The van der Waals surface area contributed by atoms with Crippen LogP contribution in [0, 0.1) is 0 Å². The first kappa shape index (κ1) is 20.0. The van der Waals surface area contributed by atoms with E-state index in [4.69, 9.17) is 14.2 Å². The molecule has 2 aromatic carbocycles. The van der Waals surface area contributed by atoms with Crippen LogP contribution in [0.15, 0.2) is 41.2 Å². The van der Waals surface area contributed by atoms with Crippen molar-refractivity contribution < 1.29 is 24.1 Å². The van der Waals surface area contributed by atoms with Crippen LogP contribution in [-0.4, -0.2) is 46.7 Å². The summed E-state index contributed by atoms with van der Waals surface area (Å²) in [4.78, 5) is 24.2. The first-order valence-corrected chi connectivity index (χ1v) is 8.91. The van der Waals surface area contributed by atoms with Gasteiger partial charge in [-0.25, -0.2) is 19.3 Å². The van der Waals surface area contributed by atoms with Gasteiger partial charge in [0.15, 0.2) is 5.82 Å². The number of H-pyrrole nitrogens is 1. The Morgan fingerprint density at radius 2 is 1.86 bits per heavy atom. The summed E-state index contributed by atoms with van der Waals surface area (Å²) in [6.45, 7) is 2.46. The van der Waals surface area contributed by atoms with Gasteiger partial charge in [0.1, 0.15) is 22.8 Å². The highest BCUT2D eigenvalue weighted by atomic mass is 16.5. The van der Waals surface area contributed by atoms with Gasteiger partial charge >= 0.3 is 11.7 Å². The Balaban J connectivity index is 2.26. The van der Waals surface area contributed by atoms with Gasteiger partial charge in [0, 0.05) is 6.07 Å². The highest BCUT2D eigenvalue weighted by Gasteiger charge is 2.23. The number of rotatable bonds is 8. The van der Waals surface area contributed by atoms with Gasteiger partial charge in [-0.15, -0.1) is 0 Å². The monoisotopic (exact) mass is 399 g/mol. The predicted octanol–water partition coefficient (Wildman–Crippen LogP) is 2.73. The first-order chi connectivity index (χ1) is 14.0. The number of carboxylic acids is 1. The van der Waals surface area contributed by atoms with E-state index in [9.17, 15) is 14.7 Å². The van der Waals surface area contributed by atoms with Crippen LogP contribution in [0.1, 0.15) is 23.7 Å². The van der Waals surface area contributed by atoms with Crippen molar-refractivity contribution in [2.75, 3.05) is 20.8 Å². The lowest BCUT2D eigenvalue weighted by Gasteiger charge is -2.15. The largest absolute Gasteiger partial charge is 0.496 e. The Labute approximate surface area is 166 Å². The number of carbonyl (C=O) groups is 1. The number of ether oxygens (including phenoxy) is 3. The summed E-state index contributed by atoms with van der Waals surface area (Å²) < 4.78 is 17.6. The van der Waals surface area contributed by atoms with Gasteiger partial charge in [-0.05, 0) is 24.6 Å². The third kappa shape index (κ3) is 3.79. The van der Waals surface area contributed by atoms with Crippen LogP contribution in [0.3, 0.4) is 0 Å². The van der Waals surface area contributed by atoms with E-state index < -0.39 is 11.7 Å². The lowest BCUT2D eigenvalue weighted by atomic mass is 10.1. The molecule has 0 unspecified atom stereocenters. The number of benzene rings is 2. The molecule has 0 radical (unpaired) electrons. The van der Waals surface area contributed by atoms with Gasteiger partial charge in [0.05, 0.1) is 32.1 Å². The number of aromatic nitrogens is 3. The molecule has 9 nitrogen and oxygen atoms in total. The van der Waals surface area contributed by atoms with E-state index in [0.29, 0.717) is 29.4 Å². The lowest BCUT2D eigenvalue weighted by molar-refractivity contribution is 0.0693. The fourth-order valence-electron chi connectivity index (χ4n) is 2.92. The number of para-hydroxylation sites is 2. The molecule has 0 fully saturated rings. The fraction of sp³-hybridized carbons (Fsp3) is 0.250. The van der Waals surface area contributed by atoms with E-state index in [1.807, 2.05) is 6.92 Å². The van der Waals surface area contributed by atoms with Gasteiger partial charge in [-0.3, -0.25) is 0 Å². The molecule has 0 aliphatic heterocycles. The normalized spacial score (nSPS) is 10.6. The van der Waals surface area contributed by atoms with Gasteiger partial charge in [-0.2, -0.15) is 5.10 Å². The maximum absolute atomic E-state index is 12.6. The first-order valence-electron chi connectivity index (χ1n) is 8.91. The van der Waals surface area contributed by atoms with Gasteiger partial charge in [0.2, 0.25) is 0 Å². The molecule has 0 aliphatic carbocycles. The predicted molar refractivity (Wildman–Crippen MR) is 105 cm³/mol. The second kappa shape index (κ2) is 8.51. The number of hydrogen-bond acceptors (Lipinski definition) is 6. The number of methoxy groups -OCH3 is 2. The van der Waals surface area contributed by atoms with E-state index in [-0.39, 0.29) is 17.1 Å². The van der Waals surface area contributed by atoms with Gasteiger partial charge in [0.25, 0.3) is 0 Å². The zero-order chi connectivity index (χ0) is 21.0. The molecule has 9 heteroatoms. The second-order valence-corrected chi connectivity index (χ2v) is 6.06. The lowest BCUT2D eigenvalue weighted by Crippen LogP contribution is -2.17. The van der Waals surface area contributed by atoms with Crippen molar-refractivity contribution in [1.82, 2.24) is 14.8 Å². The highest BCUT2D eigenvalue weighted by Crippen LogP contribution is 2.36. The van der Waals surface area contributed by atoms with Gasteiger partial charge < -0.3 is 19.3 Å². The SMILES string of the molecule is CCCOc1ccccc1-n1c(-c2cc(C(=O)O)c(OC)cc2OC)n[nH]c1=O. The molecule has 0 amide bonds. The molecule has 2 N–H and O–H groups in total. The highest BCUT2D eigenvalue weighted by molar-refractivity contribution is 5.93. The number of aromatic carboxylic acids is 1. The summed E-state index contributed by atoms with van der Waals surface area (Å²) in [5, 5.41) is 16.0. The minimum atomic E-state index is -1.18. The summed E-state index contributed by atoms with van der Waals surface area (Å²) in [5.41, 5.74) is 0.210. The zero-order valence-corrected chi connectivity index (χ0v) is 16.3. The van der Waals surface area contributed by atoms with E-state index in [2.05, 4.69) is 10.2 Å². The van der Waals surface area contributed by atoms with Crippen LogP contribution in [-0.2, 0) is 0 Å². The van der Waals surface area contributed by atoms with Gasteiger partial charge in [-0.1, -0.05) is 19.1 Å². The van der Waals surface area contributed by atoms with Crippen LogP contribution < -0.4 is 19.9 Å². The summed E-state index contributed by atoms with van der Waals surface area (Å²) in [6.07, 6.45) is 0.801. The van der Waals surface area contributed by atoms with E-state index in [1.165, 1.54) is 30.9 Å². The fourth-order valence-corrected chi connectivity index (χ4v) is 2.92.